The van der Waals surface area contributed by atoms with Crippen molar-refractivity contribution in [2.75, 3.05) is 0 Å². The second-order valence-corrected chi connectivity index (χ2v) is 3.49. The molecule has 0 atom stereocenters. The molecular formula is C12H9N3O. The van der Waals surface area contributed by atoms with E-state index in [-0.39, 0.29) is 5.75 Å². The lowest BCUT2D eigenvalue weighted by Crippen LogP contribution is -1.80. The molecule has 3 aromatic rings. The van der Waals surface area contributed by atoms with Crippen molar-refractivity contribution in [3.8, 4) is 17.1 Å². The van der Waals surface area contributed by atoms with Gasteiger partial charge in [0.05, 0.1) is 11.9 Å². The lowest BCUT2D eigenvalue weighted by atomic mass is 10.3. The van der Waals surface area contributed by atoms with Crippen LogP contribution in [0, 0.1) is 0 Å². The molecule has 78 valence electrons. The van der Waals surface area contributed by atoms with Crippen LogP contribution in [0.1, 0.15) is 0 Å². The Morgan fingerprint density at radius 1 is 1.00 bits per heavy atom. The van der Waals surface area contributed by atoms with E-state index < -0.39 is 0 Å². The van der Waals surface area contributed by atoms with E-state index in [4.69, 9.17) is 0 Å². The van der Waals surface area contributed by atoms with Crippen molar-refractivity contribution < 1.29 is 5.11 Å². The van der Waals surface area contributed by atoms with Gasteiger partial charge in [-0.15, -0.1) is 0 Å². The molecule has 0 aliphatic rings. The summed E-state index contributed by atoms with van der Waals surface area (Å²) in [6.07, 6.45) is 5.20. The summed E-state index contributed by atoms with van der Waals surface area (Å²) in [4.78, 5) is 8.64. The highest BCUT2D eigenvalue weighted by Crippen LogP contribution is 2.18. The maximum absolute atomic E-state index is 9.35. The number of fused-ring (bicyclic) bond motifs is 1. The summed E-state index contributed by atoms with van der Waals surface area (Å²) in [6, 6.07) is 9.07. The molecule has 0 radical (unpaired) electrons. The summed E-state index contributed by atoms with van der Waals surface area (Å²) in [6.45, 7) is 0. The molecule has 3 aromatic heterocycles. The number of pyridine rings is 2. The number of aromatic nitrogens is 3. The zero-order valence-corrected chi connectivity index (χ0v) is 8.41. The van der Waals surface area contributed by atoms with Gasteiger partial charge < -0.3 is 9.51 Å². The van der Waals surface area contributed by atoms with Crippen LogP contribution >= 0.6 is 0 Å². The molecular weight excluding hydrogens is 202 g/mol. The van der Waals surface area contributed by atoms with Crippen LogP contribution in [0.15, 0.2) is 48.9 Å². The predicted octanol–water partition coefficient (Wildman–Crippen LogP) is 2.10. The first-order valence-corrected chi connectivity index (χ1v) is 4.92. The molecule has 0 saturated carbocycles. The normalized spacial score (nSPS) is 10.8. The first kappa shape index (κ1) is 8.91. The smallest absolute Gasteiger partial charge is 0.137 e. The van der Waals surface area contributed by atoms with Gasteiger partial charge in [-0.1, -0.05) is 6.07 Å². The number of hydrogen-bond donors (Lipinski definition) is 1. The van der Waals surface area contributed by atoms with Crippen molar-refractivity contribution in [1.29, 1.82) is 0 Å². The van der Waals surface area contributed by atoms with Crippen LogP contribution in [-0.4, -0.2) is 19.5 Å². The Hall–Kier alpha value is -2.36. The van der Waals surface area contributed by atoms with Crippen molar-refractivity contribution in [3.63, 3.8) is 0 Å². The van der Waals surface area contributed by atoms with Gasteiger partial charge in [-0.05, 0) is 24.3 Å². The maximum atomic E-state index is 9.35. The van der Waals surface area contributed by atoms with Crippen molar-refractivity contribution in [2.24, 2.45) is 0 Å². The SMILES string of the molecule is Oc1ccc2nc(-c3ccccn3)cn2c1. The molecule has 1 N–H and O–H groups in total. The summed E-state index contributed by atoms with van der Waals surface area (Å²) in [7, 11) is 0. The van der Waals surface area contributed by atoms with Gasteiger partial charge in [-0.3, -0.25) is 4.98 Å². The Morgan fingerprint density at radius 3 is 2.75 bits per heavy atom. The van der Waals surface area contributed by atoms with E-state index in [0.717, 1.165) is 17.0 Å². The number of aromatic hydroxyl groups is 1. The molecule has 0 unspecified atom stereocenters. The average Bonchev–Trinajstić information content (AvgIpc) is 2.73. The third-order valence-electron chi connectivity index (χ3n) is 2.36. The minimum atomic E-state index is 0.220. The van der Waals surface area contributed by atoms with E-state index in [1.807, 2.05) is 24.4 Å². The van der Waals surface area contributed by atoms with Crippen LogP contribution in [0.5, 0.6) is 5.75 Å². The summed E-state index contributed by atoms with van der Waals surface area (Å²) in [5, 5.41) is 9.35. The standard InChI is InChI=1S/C12H9N3O/c16-9-4-5-12-14-11(8-15(12)7-9)10-3-1-2-6-13-10/h1-8,16H. The molecule has 0 saturated heterocycles. The van der Waals surface area contributed by atoms with Gasteiger partial charge in [-0.2, -0.15) is 0 Å². The van der Waals surface area contributed by atoms with Crippen LogP contribution in [0.25, 0.3) is 17.0 Å². The number of nitrogens with zero attached hydrogens (tertiary/aromatic N) is 3. The lowest BCUT2D eigenvalue weighted by molar-refractivity contribution is 0.472. The zero-order valence-electron chi connectivity index (χ0n) is 8.41. The largest absolute Gasteiger partial charge is 0.506 e. The van der Waals surface area contributed by atoms with Crippen molar-refractivity contribution in [3.05, 3.63) is 48.9 Å². The van der Waals surface area contributed by atoms with E-state index in [0.29, 0.717) is 0 Å². The predicted molar refractivity (Wildman–Crippen MR) is 60.1 cm³/mol. The highest BCUT2D eigenvalue weighted by molar-refractivity contribution is 5.58. The monoisotopic (exact) mass is 211 g/mol. The topological polar surface area (TPSA) is 50.4 Å². The highest BCUT2D eigenvalue weighted by atomic mass is 16.3. The molecule has 0 bridgehead atoms. The zero-order chi connectivity index (χ0) is 11.0. The Morgan fingerprint density at radius 2 is 1.94 bits per heavy atom. The molecule has 0 amide bonds. The first-order chi connectivity index (χ1) is 7.83. The summed E-state index contributed by atoms with van der Waals surface area (Å²) in [5.41, 5.74) is 2.41. The van der Waals surface area contributed by atoms with Crippen LogP contribution in [0.4, 0.5) is 0 Å². The molecule has 0 aliphatic heterocycles. The molecule has 0 aromatic carbocycles. The summed E-state index contributed by atoms with van der Waals surface area (Å²) < 4.78 is 1.78. The minimum Gasteiger partial charge on any atom is -0.506 e. The molecule has 3 heterocycles. The third-order valence-corrected chi connectivity index (χ3v) is 2.36. The third kappa shape index (κ3) is 1.40. The van der Waals surface area contributed by atoms with E-state index in [9.17, 15) is 5.11 Å². The Balaban J connectivity index is 2.19. The minimum absolute atomic E-state index is 0.220. The van der Waals surface area contributed by atoms with Gasteiger partial charge >= 0.3 is 0 Å². The Bertz CT molecular complexity index is 631. The van der Waals surface area contributed by atoms with Crippen molar-refractivity contribution in [2.45, 2.75) is 0 Å². The van der Waals surface area contributed by atoms with Gasteiger partial charge in [-0.25, -0.2) is 4.98 Å². The first-order valence-electron chi connectivity index (χ1n) is 4.92. The van der Waals surface area contributed by atoms with Gasteiger partial charge in [0, 0.05) is 12.4 Å². The van der Waals surface area contributed by atoms with E-state index in [1.54, 1.807) is 28.9 Å². The molecule has 3 rings (SSSR count). The number of hydrogen-bond acceptors (Lipinski definition) is 3. The van der Waals surface area contributed by atoms with Crippen LogP contribution in [-0.2, 0) is 0 Å². The van der Waals surface area contributed by atoms with Crippen LogP contribution < -0.4 is 0 Å². The fourth-order valence-corrected chi connectivity index (χ4v) is 1.62. The van der Waals surface area contributed by atoms with E-state index >= 15 is 0 Å². The average molecular weight is 211 g/mol. The summed E-state index contributed by atoms with van der Waals surface area (Å²) >= 11 is 0. The Labute approximate surface area is 91.8 Å². The molecule has 16 heavy (non-hydrogen) atoms. The van der Waals surface area contributed by atoms with Gasteiger partial charge in [0.1, 0.15) is 17.1 Å². The van der Waals surface area contributed by atoms with Crippen molar-refractivity contribution >= 4 is 5.65 Å². The van der Waals surface area contributed by atoms with Crippen molar-refractivity contribution in [1.82, 2.24) is 14.4 Å². The molecule has 4 nitrogen and oxygen atoms in total. The molecule has 4 heteroatoms. The number of imidazole rings is 1. The van der Waals surface area contributed by atoms with Crippen LogP contribution in [0.2, 0.25) is 0 Å². The Kier molecular flexibility index (Phi) is 1.86. The second kappa shape index (κ2) is 3.34. The lowest BCUT2D eigenvalue weighted by Gasteiger charge is -1.92. The maximum Gasteiger partial charge on any atom is 0.137 e. The highest BCUT2D eigenvalue weighted by Gasteiger charge is 2.04. The fraction of sp³-hybridized carbons (Fsp3) is 0. The number of rotatable bonds is 1. The molecule has 0 aliphatic carbocycles. The van der Waals surface area contributed by atoms with Crippen LogP contribution in [0.3, 0.4) is 0 Å². The fourth-order valence-electron chi connectivity index (χ4n) is 1.62. The van der Waals surface area contributed by atoms with Gasteiger partial charge in [0.2, 0.25) is 0 Å². The van der Waals surface area contributed by atoms with Gasteiger partial charge in [0.15, 0.2) is 0 Å². The molecule has 0 fully saturated rings. The quantitative estimate of drug-likeness (QED) is 0.670. The van der Waals surface area contributed by atoms with E-state index in [2.05, 4.69) is 9.97 Å². The van der Waals surface area contributed by atoms with Gasteiger partial charge in [0.25, 0.3) is 0 Å². The summed E-state index contributed by atoms with van der Waals surface area (Å²) in [5.74, 6) is 0.220. The second-order valence-electron chi connectivity index (χ2n) is 3.49. The van der Waals surface area contributed by atoms with E-state index in [1.165, 1.54) is 0 Å². The molecule has 0 spiro atoms.